The van der Waals surface area contributed by atoms with Crippen LogP contribution in [0.1, 0.15) is 12.0 Å². The summed E-state index contributed by atoms with van der Waals surface area (Å²) in [6.07, 6.45) is 2.15. The van der Waals surface area contributed by atoms with Crippen LogP contribution in [0.15, 0.2) is 29.2 Å². The lowest BCUT2D eigenvalue weighted by atomic mass is 10.1. The predicted octanol–water partition coefficient (Wildman–Crippen LogP) is 1.21. The Kier molecular flexibility index (Phi) is 4.11. The highest BCUT2D eigenvalue weighted by atomic mass is 32.2. The van der Waals surface area contributed by atoms with Crippen LogP contribution in [0.25, 0.3) is 0 Å². The molecule has 4 rings (SSSR count). The third kappa shape index (κ3) is 2.77. The number of benzene rings is 1. The summed E-state index contributed by atoms with van der Waals surface area (Å²) in [5, 5.41) is 3.53. The van der Waals surface area contributed by atoms with Crippen molar-refractivity contribution in [2.24, 2.45) is 0 Å². The van der Waals surface area contributed by atoms with Crippen LogP contribution in [-0.4, -0.2) is 66.3 Å². The van der Waals surface area contributed by atoms with Crippen molar-refractivity contribution in [3.8, 4) is 0 Å². The zero-order valence-electron chi connectivity index (χ0n) is 12.8. The smallest absolute Gasteiger partial charge is 0.236 e. The maximum atomic E-state index is 12.8. The highest BCUT2D eigenvalue weighted by Crippen LogP contribution is 2.37. The van der Waals surface area contributed by atoms with Gasteiger partial charge in [-0.2, -0.15) is 0 Å². The number of hydrogen-bond acceptors (Lipinski definition) is 4. The minimum absolute atomic E-state index is 0.0945. The molecule has 0 saturated carbocycles. The number of nitrogens with zero attached hydrogens (tertiary/aromatic N) is 2. The summed E-state index contributed by atoms with van der Waals surface area (Å²) in [6, 6.07) is 9.11. The molecule has 2 unspecified atom stereocenters. The number of rotatable bonds is 2. The van der Waals surface area contributed by atoms with E-state index in [1.54, 1.807) is 11.8 Å². The largest absolute Gasteiger partial charge is 0.339 e. The highest BCUT2D eigenvalue weighted by Gasteiger charge is 2.34. The van der Waals surface area contributed by atoms with Gasteiger partial charge >= 0.3 is 0 Å². The SMILES string of the molecule is O=C(C1Cc2ccccc2S1)N1CCN(C2CCNC2)CC1. The van der Waals surface area contributed by atoms with E-state index in [1.807, 2.05) is 0 Å². The Hall–Kier alpha value is -1.04. The zero-order valence-corrected chi connectivity index (χ0v) is 13.6. The van der Waals surface area contributed by atoms with Gasteiger partial charge in [0.2, 0.25) is 5.91 Å². The van der Waals surface area contributed by atoms with Crippen molar-refractivity contribution < 1.29 is 4.79 Å². The molecule has 3 aliphatic heterocycles. The van der Waals surface area contributed by atoms with E-state index in [9.17, 15) is 4.79 Å². The van der Waals surface area contributed by atoms with Gasteiger partial charge in [0.25, 0.3) is 0 Å². The Balaban J connectivity index is 1.33. The molecule has 1 amide bonds. The number of carbonyl (C=O) groups excluding carboxylic acids is 1. The molecule has 0 aromatic heterocycles. The Morgan fingerprint density at radius 1 is 1.18 bits per heavy atom. The molecule has 2 saturated heterocycles. The molecule has 1 aromatic rings. The molecular weight excluding hydrogens is 294 g/mol. The first kappa shape index (κ1) is 14.5. The molecule has 1 aromatic carbocycles. The van der Waals surface area contributed by atoms with Crippen LogP contribution in [0.3, 0.4) is 0 Å². The number of amides is 1. The molecule has 1 N–H and O–H groups in total. The van der Waals surface area contributed by atoms with Crippen LogP contribution in [0.4, 0.5) is 0 Å². The summed E-state index contributed by atoms with van der Waals surface area (Å²) >= 11 is 1.75. The average Bonchev–Trinajstić information content (AvgIpc) is 3.23. The first-order valence-corrected chi connectivity index (χ1v) is 9.17. The summed E-state index contributed by atoms with van der Waals surface area (Å²) in [5.41, 5.74) is 1.33. The van der Waals surface area contributed by atoms with Crippen LogP contribution in [0.2, 0.25) is 0 Å². The van der Waals surface area contributed by atoms with Crippen LogP contribution < -0.4 is 5.32 Å². The second kappa shape index (κ2) is 6.22. The van der Waals surface area contributed by atoms with Gasteiger partial charge in [-0.1, -0.05) is 18.2 Å². The minimum Gasteiger partial charge on any atom is -0.339 e. The van der Waals surface area contributed by atoms with Gasteiger partial charge < -0.3 is 10.2 Å². The third-order valence-electron chi connectivity index (χ3n) is 5.10. The van der Waals surface area contributed by atoms with E-state index in [0.29, 0.717) is 11.9 Å². The molecular formula is C17H23N3OS. The predicted molar refractivity (Wildman–Crippen MR) is 89.2 cm³/mol. The number of carbonyl (C=O) groups is 1. The molecule has 0 aliphatic carbocycles. The molecule has 2 fully saturated rings. The lowest BCUT2D eigenvalue weighted by Crippen LogP contribution is -2.54. The van der Waals surface area contributed by atoms with Gasteiger partial charge in [-0.05, 0) is 31.0 Å². The van der Waals surface area contributed by atoms with Gasteiger partial charge in [0.15, 0.2) is 0 Å². The topological polar surface area (TPSA) is 35.6 Å². The van der Waals surface area contributed by atoms with Gasteiger partial charge in [-0.25, -0.2) is 0 Å². The van der Waals surface area contributed by atoms with Crippen molar-refractivity contribution in [3.63, 3.8) is 0 Å². The molecule has 4 nitrogen and oxygen atoms in total. The number of fused-ring (bicyclic) bond motifs is 1. The fourth-order valence-electron chi connectivity index (χ4n) is 3.78. The van der Waals surface area contributed by atoms with Crippen LogP contribution in [-0.2, 0) is 11.2 Å². The van der Waals surface area contributed by atoms with E-state index in [-0.39, 0.29) is 5.25 Å². The quantitative estimate of drug-likeness (QED) is 0.889. The highest BCUT2D eigenvalue weighted by molar-refractivity contribution is 8.01. The van der Waals surface area contributed by atoms with E-state index < -0.39 is 0 Å². The summed E-state index contributed by atoms with van der Waals surface area (Å²) in [5.74, 6) is 0.338. The number of nitrogens with one attached hydrogen (secondary N) is 1. The van der Waals surface area contributed by atoms with Crippen LogP contribution in [0, 0.1) is 0 Å². The maximum absolute atomic E-state index is 12.8. The zero-order chi connectivity index (χ0) is 14.9. The molecule has 22 heavy (non-hydrogen) atoms. The Morgan fingerprint density at radius 2 is 2.00 bits per heavy atom. The van der Waals surface area contributed by atoms with E-state index >= 15 is 0 Å². The van der Waals surface area contributed by atoms with Crippen molar-refractivity contribution in [3.05, 3.63) is 29.8 Å². The fraction of sp³-hybridized carbons (Fsp3) is 0.588. The second-order valence-corrected chi connectivity index (χ2v) is 7.67. The van der Waals surface area contributed by atoms with E-state index in [4.69, 9.17) is 0 Å². The van der Waals surface area contributed by atoms with E-state index in [1.165, 1.54) is 16.9 Å². The van der Waals surface area contributed by atoms with Crippen molar-refractivity contribution in [2.45, 2.75) is 29.0 Å². The Morgan fingerprint density at radius 3 is 2.73 bits per heavy atom. The average molecular weight is 317 g/mol. The van der Waals surface area contributed by atoms with Crippen LogP contribution >= 0.6 is 11.8 Å². The van der Waals surface area contributed by atoms with Gasteiger partial charge in [0.1, 0.15) is 0 Å². The standard InChI is InChI=1S/C17H23N3OS/c21-17(16-11-13-3-1-2-4-15(13)22-16)20-9-7-19(8-10-20)14-5-6-18-12-14/h1-4,14,16,18H,5-12H2. The number of piperazine rings is 1. The Labute approximate surface area is 136 Å². The Bertz CT molecular complexity index is 526. The fourth-order valence-corrected chi connectivity index (χ4v) is 5.06. The van der Waals surface area contributed by atoms with Gasteiger partial charge in [0.05, 0.1) is 5.25 Å². The van der Waals surface area contributed by atoms with E-state index in [0.717, 1.165) is 45.7 Å². The molecule has 3 heterocycles. The van der Waals surface area contributed by atoms with Crippen molar-refractivity contribution >= 4 is 17.7 Å². The van der Waals surface area contributed by atoms with Crippen molar-refractivity contribution in [1.29, 1.82) is 0 Å². The number of hydrogen-bond donors (Lipinski definition) is 1. The van der Waals surface area contributed by atoms with E-state index in [2.05, 4.69) is 39.4 Å². The summed E-state index contributed by atoms with van der Waals surface area (Å²) in [4.78, 5) is 18.7. The van der Waals surface area contributed by atoms with Crippen LogP contribution in [0.5, 0.6) is 0 Å². The van der Waals surface area contributed by atoms with Gasteiger partial charge in [-0.15, -0.1) is 11.8 Å². The molecule has 0 radical (unpaired) electrons. The first-order chi connectivity index (χ1) is 10.8. The molecule has 118 valence electrons. The molecule has 2 atom stereocenters. The second-order valence-electron chi connectivity index (χ2n) is 6.43. The van der Waals surface area contributed by atoms with Crippen molar-refractivity contribution in [1.82, 2.24) is 15.1 Å². The first-order valence-electron chi connectivity index (χ1n) is 8.29. The normalized spacial score (nSPS) is 28.8. The number of thioether (sulfide) groups is 1. The summed E-state index contributed by atoms with van der Waals surface area (Å²) in [6.45, 7) is 6.10. The maximum Gasteiger partial charge on any atom is 0.236 e. The third-order valence-corrected chi connectivity index (χ3v) is 6.40. The molecule has 0 bridgehead atoms. The minimum atomic E-state index is 0.0945. The molecule has 0 spiro atoms. The summed E-state index contributed by atoms with van der Waals surface area (Å²) in [7, 11) is 0. The lowest BCUT2D eigenvalue weighted by Gasteiger charge is -2.38. The van der Waals surface area contributed by atoms with Gasteiger partial charge in [-0.3, -0.25) is 9.69 Å². The monoisotopic (exact) mass is 317 g/mol. The van der Waals surface area contributed by atoms with Gasteiger partial charge in [0, 0.05) is 43.7 Å². The molecule has 5 heteroatoms. The lowest BCUT2D eigenvalue weighted by molar-refractivity contribution is -0.132. The van der Waals surface area contributed by atoms with Crippen molar-refractivity contribution in [2.75, 3.05) is 39.3 Å². The summed E-state index contributed by atoms with van der Waals surface area (Å²) < 4.78 is 0. The molecule has 3 aliphatic rings.